The minimum absolute atomic E-state index is 0.116. The van der Waals surface area contributed by atoms with Gasteiger partial charge in [-0.05, 0) is 34.6 Å². The number of hydrogen-bond acceptors (Lipinski definition) is 5. The molecule has 0 aromatic carbocycles. The zero-order valence-corrected chi connectivity index (χ0v) is 13.2. The Bertz CT molecular complexity index is 572. The molecular weight excluding hydrogens is 282 g/mol. The number of nitrogens with zero attached hydrogens (tertiary/aromatic N) is 2. The van der Waals surface area contributed by atoms with Crippen molar-refractivity contribution in [1.29, 1.82) is 0 Å². The average molecular weight is 303 g/mol. The van der Waals surface area contributed by atoms with Gasteiger partial charge in [-0.3, -0.25) is 4.79 Å². The molecule has 0 aliphatic rings. The van der Waals surface area contributed by atoms with Crippen molar-refractivity contribution in [2.75, 3.05) is 0 Å². The van der Waals surface area contributed by atoms with E-state index in [1.807, 2.05) is 6.92 Å². The van der Waals surface area contributed by atoms with Gasteiger partial charge in [-0.15, -0.1) is 0 Å². The lowest BCUT2D eigenvalue weighted by Gasteiger charge is -2.22. The Morgan fingerprint density at radius 2 is 2.10 bits per heavy atom. The van der Waals surface area contributed by atoms with Crippen molar-refractivity contribution < 1.29 is 17.9 Å². The maximum Gasteiger partial charge on any atom is 0.324 e. The monoisotopic (exact) mass is 303 g/mol. The van der Waals surface area contributed by atoms with Crippen LogP contribution in [0, 0.1) is 0 Å². The van der Waals surface area contributed by atoms with Crippen LogP contribution in [0.25, 0.3) is 0 Å². The lowest BCUT2D eigenvalue weighted by Crippen LogP contribution is -2.42. The van der Waals surface area contributed by atoms with Gasteiger partial charge in [-0.25, -0.2) is 13.4 Å². The molecule has 0 aliphatic heterocycles. The Morgan fingerprint density at radius 3 is 2.55 bits per heavy atom. The third-order valence-electron chi connectivity index (χ3n) is 2.34. The van der Waals surface area contributed by atoms with E-state index in [0.717, 1.165) is 0 Å². The summed E-state index contributed by atoms with van der Waals surface area (Å²) in [6.07, 6.45) is 2.83. The molecule has 8 heteroatoms. The summed E-state index contributed by atoms with van der Waals surface area (Å²) in [4.78, 5) is 15.6. The van der Waals surface area contributed by atoms with Gasteiger partial charge in [0.1, 0.15) is 11.6 Å². The maximum absolute atomic E-state index is 12.0. The van der Waals surface area contributed by atoms with Gasteiger partial charge in [0.2, 0.25) is 0 Å². The predicted molar refractivity (Wildman–Crippen MR) is 73.5 cm³/mol. The Kier molecular flexibility index (Phi) is 4.93. The largest absolute Gasteiger partial charge is 0.459 e. The zero-order chi connectivity index (χ0) is 15.6. The SMILES string of the molecule is CCn1cnc(S(=O)(=O)N[C@H](C)C(=O)OC(C)(C)C)c1. The van der Waals surface area contributed by atoms with Crippen LogP contribution in [-0.4, -0.2) is 35.6 Å². The minimum Gasteiger partial charge on any atom is -0.459 e. The van der Waals surface area contributed by atoms with Crippen LogP contribution in [-0.2, 0) is 26.1 Å². The standard InChI is InChI=1S/C12H21N3O4S/c1-6-15-7-10(13-8-15)20(17,18)14-9(2)11(16)19-12(3,4)5/h7-9,14H,6H2,1-5H3/t9-/m1/s1. The van der Waals surface area contributed by atoms with E-state index in [2.05, 4.69) is 9.71 Å². The molecule has 20 heavy (non-hydrogen) atoms. The van der Waals surface area contributed by atoms with Gasteiger partial charge in [0.15, 0.2) is 5.03 Å². The van der Waals surface area contributed by atoms with Crippen LogP contribution in [0.3, 0.4) is 0 Å². The number of carbonyl (C=O) groups is 1. The first-order valence-electron chi connectivity index (χ1n) is 6.32. The zero-order valence-electron chi connectivity index (χ0n) is 12.4. The highest BCUT2D eigenvalue weighted by atomic mass is 32.2. The number of aryl methyl sites for hydroxylation is 1. The molecule has 1 aromatic rings. The fourth-order valence-electron chi connectivity index (χ4n) is 1.38. The van der Waals surface area contributed by atoms with Crippen LogP contribution in [0.5, 0.6) is 0 Å². The molecule has 1 N–H and O–H groups in total. The van der Waals surface area contributed by atoms with Crippen molar-refractivity contribution in [3.8, 4) is 0 Å². The molecule has 1 rings (SSSR count). The molecule has 0 fully saturated rings. The number of esters is 1. The van der Waals surface area contributed by atoms with Gasteiger partial charge in [0.05, 0.1) is 6.33 Å². The normalized spacial score (nSPS) is 14.1. The van der Waals surface area contributed by atoms with E-state index in [0.29, 0.717) is 6.54 Å². The van der Waals surface area contributed by atoms with Crippen LogP contribution in [0.1, 0.15) is 34.6 Å². The summed E-state index contributed by atoms with van der Waals surface area (Å²) >= 11 is 0. The topological polar surface area (TPSA) is 90.3 Å². The van der Waals surface area contributed by atoms with E-state index in [4.69, 9.17) is 4.74 Å². The van der Waals surface area contributed by atoms with Crippen LogP contribution in [0.2, 0.25) is 0 Å². The predicted octanol–water partition coefficient (Wildman–Crippen LogP) is 0.911. The fourth-order valence-corrected chi connectivity index (χ4v) is 2.53. The molecule has 1 atom stereocenters. The number of ether oxygens (including phenoxy) is 1. The van der Waals surface area contributed by atoms with Gasteiger partial charge >= 0.3 is 5.97 Å². The minimum atomic E-state index is -3.83. The van der Waals surface area contributed by atoms with Crippen molar-refractivity contribution in [1.82, 2.24) is 14.3 Å². The summed E-state index contributed by atoms with van der Waals surface area (Å²) in [7, 11) is -3.83. The van der Waals surface area contributed by atoms with Crippen LogP contribution in [0.4, 0.5) is 0 Å². The molecule has 1 heterocycles. The number of carbonyl (C=O) groups excluding carboxylic acids is 1. The molecule has 0 aliphatic carbocycles. The van der Waals surface area contributed by atoms with E-state index in [9.17, 15) is 13.2 Å². The van der Waals surface area contributed by atoms with Gasteiger partial charge < -0.3 is 9.30 Å². The molecule has 0 bridgehead atoms. The Labute approximate surface area is 119 Å². The second-order valence-corrected chi connectivity index (χ2v) is 7.08. The third-order valence-corrected chi connectivity index (χ3v) is 3.77. The second kappa shape index (κ2) is 5.92. The van der Waals surface area contributed by atoms with Crippen LogP contribution >= 0.6 is 0 Å². The van der Waals surface area contributed by atoms with E-state index in [1.54, 1.807) is 25.3 Å². The molecular formula is C12H21N3O4S. The first-order chi connectivity index (χ1) is 9.05. The number of imidazole rings is 1. The van der Waals surface area contributed by atoms with Crippen molar-refractivity contribution in [2.45, 2.75) is 57.8 Å². The summed E-state index contributed by atoms with van der Waals surface area (Å²) in [5.74, 6) is -0.629. The number of sulfonamides is 1. The third kappa shape index (κ3) is 4.61. The lowest BCUT2D eigenvalue weighted by atomic mass is 10.2. The van der Waals surface area contributed by atoms with Crippen molar-refractivity contribution in [2.24, 2.45) is 0 Å². The van der Waals surface area contributed by atoms with E-state index >= 15 is 0 Å². The smallest absolute Gasteiger partial charge is 0.324 e. The summed E-state index contributed by atoms with van der Waals surface area (Å²) in [6.45, 7) is 9.07. The van der Waals surface area contributed by atoms with Gasteiger partial charge in [0.25, 0.3) is 10.0 Å². The first-order valence-corrected chi connectivity index (χ1v) is 7.80. The molecule has 1 aromatic heterocycles. The fraction of sp³-hybridized carbons (Fsp3) is 0.667. The number of hydrogen-bond donors (Lipinski definition) is 1. The summed E-state index contributed by atoms with van der Waals surface area (Å²) in [5, 5.41) is -0.116. The highest BCUT2D eigenvalue weighted by Gasteiger charge is 2.27. The highest BCUT2D eigenvalue weighted by Crippen LogP contribution is 2.10. The van der Waals surface area contributed by atoms with Crippen LogP contribution in [0.15, 0.2) is 17.6 Å². The van der Waals surface area contributed by atoms with E-state index < -0.39 is 27.6 Å². The highest BCUT2D eigenvalue weighted by molar-refractivity contribution is 7.89. The van der Waals surface area contributed by atoms with E-state index in [1.165, 1.54) is 19.4 Å². The number of rotatable bonds is 5. The lowest BCUT2D eigenvalue weighted by molar-refractivity contribution is -0.156. The molecule has 0 spiro atoms. The van der Waals surface area contributed by atoms with Gasteiger partial charge in [0, 0.05) is 12.7 Å². The van der Waals surface area contributed by atoms with Gasteiger partial charge in [-0.2, -0.15) is 4.72 Å². The Hall–Kier alpha value is -1.41. The molecule has 7 nitrogen and oxygen atoms in total. The Balaban J connectivity index is 2.78. The molecule has 0 radical (unpaired) electrons. The van der Waals surface area contributed by atoms with Crippen molar-refractivity contribution >= 4 is 16.0 Å². The average Bonchev–Trinajstić information content (AvgIpc) is 2.75. The summed E-state index contributed by atoms with van der Waals surface area (Å²) in [6, 6.07) is -0.981. The quantitative estimate of drug-likeness (QED) is 0.817. The molecule has 0 unspecified atom stereocenters. The second-order valence-electron chi connectivity index (χ2n) is 5.42. The molecule has 114 valence electrons. The molecule has 0 saturated carbocycles. The molecule has 0 saturated heterocycles. The number of nitrogens with one attached hydrogen (secondary N) is 1. The molecule has 0 amide bonds. The van der Waals surface area contributed by atoms with Crippen molar-refractivity contribution in [3.05, 3.63) is 12.5 Å². The van der Waals surface area contributed by atoms with Crippen LogP contribution < -0.4 is 4.72 Å². The maximum atomic E-state index is 12.0. The van der Waals surface area contributed by atoms with E-state index in [-0.39, 0.29) is 5.03 Å². The first kappa shape index (κ1) is 16.6. The summed E-state index contributed by atoms with van der Waals surface area (Å²) < 4.78 is 33.1. The van der Waals surface area contributed by atoms with Crippen molar-refractivity contribution in [3.63, 3.8) is 0 Å². The Morgan fingerprint density at radius 1 is 1.50 bits per heavy atom. The van der Waals surface area contributed by atoms with Gasteiger partial charge in [-0.1, -0.05) is 0 Å². The number of aromatic nitrogens is 2. The summed E-state index contributed by atoms with van der Waals surface area (Å²) in [5.41, 5.74) is -0.666.